The third-order valence-electron chi connectivity index (χ3n) is 4.49. The topological polar surface area (TPSA) is 69.7 Å². The highest BCUT2D eigenvalue weighted by Crippen LogP contribution is 2.32. The van der Waals surface area contributed by atoms with Crippen molar-refractivity contribution in [2.24, 2.45) is 0 Å². The molecular formula is C20H35N3O3S. The van der Waals surface area contributed by atoms with Crippen molar-refractivity contribution in [3.8, 4) is 0 Å². The smallest absolute Gasteiger partial charge is 0.225 e. The van der Waals surface area contributed by atoms with Crippen LogP contribution < -0.4 is 5.32 Å². The quantitative estimate of drug-likeness (QED) is 0.659. The van der Waals surface area contributed by atoms with Crippen molar-refractivity contribution in [2.75, 3.05) is 45.3 Å². The molecule has 0 aliphatic heterocycles. The van der Waals surface area contributed by atoms with Gasteiger partial charge in [-0.05, 0) is 37.1 Å². The van der Waals surface area contributed by atoms with Gasteiger partial charge in [-0.2, -0.15) is 0 Å². The lowest BCUT2D eigenvalue weighted by Gasteiger charge is -2.23. The molecule has 0 spiro atoms. The van der Waals surface area contributed by atoms with E-state index in [2.05, 4.69) is 33.0 Å². The molecule has 0 aromatic heterocycles. The summed E-state index contributed by atoms with van der Waals surface area (Å²) in [7, 11) is 0.439. The van der Waals surface area contributed by atoms with Crippen molar-refractivity contribution in [3.05, 3.63) is 29.3 Å². The molecule has 1 amide bonds. The van der Waals surface area contributed by atoms with Crippen molar-refractivity contribution in [2.45, 2.75) is 46.0 Å². The highest BCUT2D eigenvalue weighted by atomic mass is 32.2. The molecular weight excluding hydrogens is 362 g/mol. The summed E-state index contributed by atoms with van der Waals surface area (Å²) in [6.45, 7) is 9.56. The van der Waals surface area contributed by atoms with Gasteiger partial charge in [-0.1, -0.05) is 45.9 Å². The number of benzene rings is 1. The van der Waals surface area contributed by atoms with Crippen LogP contribution in [0.15, 0.2) is 18.2 Å². The molecule has 0 atom stereocenters. The van der Waals surface area contributed by atoms with Gasteiger partial charge in [-0.15, -0.1) is 0 Å². The number of rotatable bonds is 10. The Bertz CT molecular complexity index is 702. The lowest BCUT2D eigenvalue weighted by atomic mass is 9.92. The summed E-state index contributed by atoms with van der Waals surface area (Å²) in [4.78, 5) is 14.5. The molecule has 6 nitrogen and oxygen atoms in total. The monoisotopic (exact) mass is 397 g/mol. The Morgan fingerprint density at radius 1 is 1.00 bits per heavy atom. The second-order valence-corrected chi connectivity index (χ2v) is 9.87. The normalized spacial score (nSPS) is 12.4. The van der Waals surface area contributed by atoms with Crippen LogP contribution in [0, 0.1) is 0 Å². The van der Waals surface area contributed by atoms with Gasteiger partial charge in [0.05, 0.1) is 6.26 Å². The number of nitrogens with zero attached hydrogens (tertiary/aromatic N) is 2. The molecule has 1 N–H and O–H groups in total. The van der Waals surface area contributed by atoms with Gasteiger partial charge in [-0.25, -0.2) is 12.7 Å². The molecule has 0 radical (unpaired) electrons. The minimum Gasteiger partial charge on any atom is -0.326 e. The van der Waals surface area contributed by atoms with Gasteiger partial charge < -0.3 is 10.2 Å². The van der Waals surface area contributed by atoms with E-state index in [1.165, 1.54) is 10.6 Å². The highest BCUT2D eigenvalue weighted by molar-refractivity contribution is 7.88. The van der Waals surface area contributed by atoms with Crippen LogP contribution in [0.4, 0.5) is 5.69 Å². The fraction of sp³-hybridized carbons (Fsp3) is 0.650. The standard InChI is InChI=1S/C20H35N3O3S/c1-15(2)17-9-8-10-18(16(3)4)20(17)21-19(24)11-12-23(27(7,25)26)14-13-22(5)6/h8-10,15-16H,11-14H2,1-7H3,(H,21,24). The van der Waals surface area contributed by atoms with Crippen LogP contribution in [0.3, 0.4) is 0 Å². The zero-order valence-electron chi connectivity index (χ0n) is 17.7. The number of hydrogen-bond acceptors (Lipinski definition) is 4. The average Bonchev–Trinajstić information content (AvgIpc) is 2.52. The number of likely N-dealkylation sites (N-methyl/N-ethyl adjacent to an activating group) is 1. The highest BCUT2D eigenvalue weighted by Gasteiger charge is 2.20. The summed E-state index contributed by atoms with van der Waals surface area (Å²) >= 11 is 0. The second-order valence-electron chi connectivity index (χ2n) is 7.88. The molecule has 0 saturated carbocycles. The second kappa shape index (κ2) is 10.2. The Hall–Kier alpha value is -1.44. The van der Waals surface area contributed by atoms with Gasteiger partial charge >= 0.3 is 0 Å². The molecule has 1 aromatic carbocycles. The lowest BCUT2D eigenvalue weighted by molar-refractivity contribution is -0.116. The Labute approximate surface area is 165 Å². The maximum Gasteiger partial charge on any atom is 0.225 e. The first-order chi connectivity index (χ1) is 12.4. The van der Waals surface area contributed by atoms with E-state index in [1.54, 1.807) is 0 Å². The van der Waals surface area contributed by atoms with Crippen molar-refractivity contribution in [1.82, 2.24) is 9.21 Å². The van der Waals surface area contributed by atoms with E-state index in [4.69, 9.17) is 0 Å². The zero-order valence-corrected chi connectivity index (χ0v) is 18.6. The van der Waals surface area contributed by atoms with Gasteiger partial charge in [-0.3, -0.25) is 4.79 Å². The molecule has 0 heterocycles. The maximum atomic E-state index is 12.6. The van der Waals surface area contributed by atoms with E-state index in [0.717, 1.165) is 16.8 Å². The first kappa shape index (κ1) is 23.6. The third kappa shape index (κ3) is 7.60. The molecule has 154 valence electrons. The molecule has 0 bridgehead atoms. The van der Waals surface area contributed by atoms with Crippen LogP contribution in [0.1, 0.15) is 57.1 Å². The molecule has 1 aromatic rings. The van der Waals surface area contributed by atoms with E-state index in [1.807, 2.05) is 37.2 Å². The molecule has 1 rings (SSSR count). The molecule has 27 heavy (non-hydrogen) atoms. The van der Waals surface area contributed by atoms with Gasteiger partial charge in [0.15, 0.2) is 0 Å². The summed E-state index contributed by atoms with van der Waals surface area (Å²) in [5.41, 5.74) is 3.07. The minimum absolute atomic E-state index is 0.129. The Morgan fingerprint density at radius 2 is 1.52 bits per heavy atom. The minimum atomic E-state index is -3.35. The average molecular weight is 398 g/mol. The van der Waals surface area contributed by atoms with E-state index >= 15 is 0 Å². The molecule has 0 aliphatic rings. The largest absolute Gasteiger partial charge is 0.326 e. The van der Waals surface area contributed by atoms with Crippen LogP contribution in [-0.2, 0) is 14.8 Å². The zero-order chi connectivity index (χ0) is 20.8. The fourth-order valence-corrected chi connectivity index (χ4v) is 3.71. The summed E-state index contributed by atoms with van der Waals surface area (Å²) < 4.78 is 25.3. The first-order valence-corrected chi connectivity index (χ1v) is 11.3. The fourth-order valence-electron chi connectivity index (χ4n) is 2.88. The van der Waals surface area contributed by atoms with E-state index in [-0.39, 0.29) is 30.7 Å². The first-order valence-electron chi connectivity index (χ1n) is 9.46. The Kier molecular flexibility index (Phi) is 8.91. The van der Waals surface area contributed by atoms with Gasteiger partial charge in [0, 0.05) is 31.7 Å². The number of anilines is 1. The SMILES string of the molecule is CC(C)c1cccc(C(C)C)c1NC(=O)CCN(CCN(C)C)S(C)(=O)=O. The number of nitrogens with one attached hydrogen (secondary N) is 1. The van der Waals surface area contributed by atoms with Crippen molar-refractivity contribution in [1.29, 1.82) is 0 Å². The van der Waals surface area contributed by atoms with E-state index in [0.29, 0.717) is 13.1 Å². The van der Waals surface area contributed by atoms with Gasteiger partial charge in [0.25, 0.3) is 0 Å². The Morgan fingerprint density at radius 3 is 1.93 bits per heavy atom. The number of hydrogen-bond donors (Lipinski definition) is 1. The number of carbonyl (C=O) groups is 1. The molecule has 0 saturated heterocycles. The summed E-state index contributed by atoms with van der Waals surface area (Å²) in [6, 6.07) is 6.09. The lowest BCUT2D eigenvalue weighted by Crippen LogP contribution is -2.37. The van der Waals surface area contributed by atoms with Crippen LogP contribution >= 0.6 is 0 Å². The summed E-state index contributed by atoms with van der Waals surface area (Å²) in [5, 5.41) is 3.04. The van der Waals surface area contributed by atoms with Crippen molar-refractivity contribution < 1.29 is 13.2 Å². The number of amides is 1. The molecule has 7 heteroatoms. The summed E-state index contributed by atoms with van der Waals surface area (Å²) in [5.74, 6) is 0.404. The van der Waals surface area contributed by atoms with Crippen LogP contribution in [0.2, 0.25) is 0 Å². The number of para-hydroxylation sites is 1. The van der Waals surface area contributed by atoms with Crippen LogP contribution in [0.5, 0.6) is 0 Å². The van der Waals surface area contributed by atoms with E-state index < -0.39 is 10.0 Å². The van der Waals surface area contributed by atoms with Gasteiger partial charge in [0.1, 0.15) is 0 Å². The Balaban J connectivity index is 2.90. The third-order valence-corrected chi connectivity index (χ3v) is 5.79. The maximum absolute atomic E-state index is 12.6. The number of carbonyl (C=O) groups excluding carboxylic acids is 1. The van der Waals surface area contributed by atoms with E-state index in [9.17, 15) is 13.2 Å². The number of sulfonamides is 1. The van der Waals surface area contributed by atoms with Crippen molar-refractivity contribution >= 4 is 21.6 Å². The predicted molar refractivity (Wildman–Crippen MR) is 113 cm³/mol. The van der Waals surface area contributed by atoms with Gasteiger partial charge in [0.2, 0.25) is 15.9 Å². The van der Waals surface area contributed by atoms with Crippen LogP contribution in [-0.4, -0.2) is 63.5 Å². The van der Waals surface area contributed by atoms with Crippen LogP contribution in [0.25, 0.3) is 0 Å². The molecule has 0 unspecified atom stereocenters. The molecule has 0 fully saturated rings. The molecule has 0 aliphatic carbocycles. The summed E-state index contributed by atoms with van der Waals surface area (Å²) in [6.07, 6.45) is 1.32. The predicted octanol–water partition coefficient (Wildman–Crippen LogP) is 3.09. The van der Waals surface area contributed by atoms with Crippen molar-refractivity contribution in [3.63, 3.8) is 0 Å².